The standard InChI is InChI=1S/C17H17N5O4/c23-14-12(18-9-20-16(14)25)7-22(6-11-4-2-1-3-5-11)8-13-15(24)17(26)21-10-19-13/h1-5,9-10,23-24H,6-8H2,(H,18,20,25)(H,19,21,26). The molecule has 0 saturated carbocycles. The van der Waals surface area contributed by atoms with Gasteiger partial charge in [-0.15, -0.1) is 0 Å². The van der Waals surface area contributed by atoms with E-state index in [0.717, 1.165) is 5.56 Å². The van der Waals surface area contributed by atoms with Gasteiger partial charge in [-0.05, 0) is 5.56 Å². The number of hydrogen-bond acceptors (Lipinski definition) is 7. The molecule has 4 N–H and O–H groups in total. The van der Waals surface area contributed by atoms with Gasteiger partial charge in [0.15, 0.2) is 0 Å². The number of nitrogens with zero attached hydrogens (tertiary/aromatic N) is 3. The number of aromatic hydroxyl groups is 2. The van der Waals surface area contributed by atoms with Crippen LogP contribution in [0.25, 0.3) is 0 Å². The van der Waals surface area contributed by atoms with Crippen LogP contribution >= 0.6 is 0 Å². The summed E-state index contributed by atoms with van der Waals surface area (Å²) in [6.45, 7) is 0.680. The molecule has 0 saturated heterocycles. The molecule has 9 nitrogen and oxygen atoms in total. The maximum atomic E-state index is 11.6. The second-order valence-electron chi connectivity index (χ2n) is 5.68. The highest BCUT2D eigenvalue weighted by atomic mass is 16.3. The normalized spacial score (nSPS) is 11.0. The number of H-pyrrole nitrogens is 2. The molecule has 3 aromatic rings. The SMILES string of the molecule is O=c1[nH]cnc(CN(Cc2ccccc2)Cc2nc[nH]c(=O)c2O)c1O. The van der Waals surface area contributed by atoms with E-state index in [4.69, 9.17) is 0 Å². The third kappa shape index (κ3) is 3.95. The van der Waals surface area contributed by atoms with Crippen molar-refractivity contribution in [3.05, 3.63) is 80.6 Å². The number of hydrogen-bond donors (Lipinski definition) is 4. The first-order valence-corrected chi connectivity index (χ1v) is 7.82. The van der Waals surface area contributed by atoms with Crippen LogP contribution in [0.2, 0.25) is 0 Å². The zero-order valence-corrected chi connectivity index (χ0v) is 13.7. The Hall–Kier alpha value is -3.46. The molecular formula is C17H17N5O4. The van der Waals surface area contributed by atoms with Crippen LogP contribution in [0.1, 0.15) is 17.0 Å². The Morgan fingerprint density at radius 3 is 1.81 bits per heavy atom. The van der Waals surface area contributed by atoms with E-state index in [1.54, 1.807) is 4.90 Å². The molecule has 0 aliphatic rings. The quantitative estimate of drug-likeness (QED) is 0.504. The third-order valence-electron chi connectivity index (χ3n) is 3.80. The van der Waals surface area contributed by atoms with E-state index in [2.05, 4.69) is 19.9 Å². The number of rotatable bonds is 6. The van der Waals surface area contributed by atoms with Gasteiger partial charge < -0.3 is 20.2 Å². The van der Waals surface area contributed by atoms with Gasteiger partial charge in [-0.25, -0.2) is 9.97 Å². The van der Waals surface area contributed by atoms with E-state index in [-0.39, 0.29) is 24.5 Å². The average molecular weight is 355 g/mol. The summed E-state index contributed by atoms with van der Waals surface area (Å²) >= 11 is 0. The van der Waals surface area contributed by atoms with Crippen molar-refractivity contribution in [2.75, 3.05) is 0 Å². The minimum absolute atomic E-state index is 0.124. The lowest BCUT2D eigenvalue weighted by atomic mass is 10.2. The highest BCUT2D eigenvalue weighted by molar-refractivity contribution is 5.24. The van der Waals surface area contributed by atoms with Gasteiger partial charge in [0.1, 0.15) is 11.4 Å². The van der Waals surface area contributed by atoms with E-state index < -0.39 is 22.6 Å². The smallest absolute Gasteiger partial charge is 0.293 e. The lowest BCUT2D eigenvalue weighted by Crippen LogP contribution is -2.25. The van der Waals surface area contributed by atoms with Gasteiger partial charge in [0.2, 0.25) is 11.5 Å². The van der Waals surface area contributed by atoms with E-state index in [9.17, 15) is 19.8 Å². The Labute approximate surface area is 147 Å². The van der Waals surface area contributed by atoms with Crippen molar-refractivity contribution in [3.8, 4) is 11.5 Å². The lowest BCUT2D eigenvalue weighted by molar-refractivity contribution is 0.233. The highest BCUT2D eigenvalue weighted by Crippen LogP contribution is 2.17. The van der Waals surface area contributed by atoms with Gasteiger partial charge in [0, 0.05) is 19.6 Å². The fourth-order valence-corrected chi connectivity index (χ4v) is 2.52. The first-order chi connectivity index (χ1) is 12.5. The lowest BCUT2D eigenvalue weighted by Gasteiger charge is -2.22. The number of aromatic amines is 2. The molecule has 134 valence electrons. The Kier molecular flexibility index (Phi) is 5.09. The minimum Gasteiger partial charge on any atom is -0.502 e. The first kappa shape index (κ1) is 17.4. The molecule has 1 aromatic carbocycles. The van der Waals surface area contributed by atoms with Gasteiger partial charge in [-0.3, -0.25) is 14.5 Å². The third-order valence-corrected chi connectivity index (χ3v) is 3.80. The zero-order chi connectivity index (χ0) is 18.5. The summed E-state index contributed by atoms with van der Waals surface area (Å²) in [5, 5.41) is 19.8. The summed E-state index contributed by atoms with van der Waals surface area (Å²) in [4.78, 5) is 37.6. The molecule has 0 atom stereocenters. The Morgan fingerprint density at radius 1 is 0.808 bits per heavy atom. The monoisotopic (exact) mass is 355 g/mol. The first-order valence-electron chi connectivity index (χ1n) is 7.82. The Morgan fingerprint density at radius 2 is 1.31 bits per heavy atom. The van der Waals surface area contributed by atoms with Crippen LogP contribution in [0.4, 0.5) is 0 Å². The molecule has 2 heterocycles. The number of aromatic nitrogens is 4. The van der Waals surface area contributed by atoms with Gasteiger partial charge in [0.25, 0.3) is 11.1 Å². The predicted octanol–water partition coefficient (Wildman–Crippen LogP) is 0.467. The number of nitrogens with one attached hydrogen (secondary N) is 2. The summed E-state index contributed by atoms with van der Waals surface area (Å²) in [5.74, 6) is -0.928. The van der Waals surface area contributed by atoms with Crippen LogP contribution in [0.5, 0.6) is 11.5 Å². The molecule has 0 radical (unpaired) electrons. The molecule has 9 heteroatoms. The van der Waals surface area contributed by atoms with E-state index in [1.165, 1.54) is 12.7 Å². The number of benzene rings is 1. The molecular weight excluding hydrogens is 338 g/mol. The fourth-order valence-electron chi connectivity index (χ4n) is 2.52. The largest absolute Gasteiger partial charge is 0.502 e. The second kappa shape index (κ2) is 7.62. The highest BCUT2D eigenvalue weighted by Gasteiger charge is 2.17. The molecule has 3 rings (SSSR count). The molecule has 0 unspecified atom stereocenters. The molecule has 0 bridgehead atoms. The van der Waals surface area contributed by atoms with Crippen molar-refractivity contribution < 1.29 is 10.2 Å². The molecule has 0 aliphatic heterocycles. The predicted molar refractivity (Wildman–Crippen MR) is 92.4 cm³/mol. The van der Waals surface area contributed by atoms with Gasteiger partial charge >= 0.3 is 0 Å². The Balaban J connectivity index is 1.90. The van der Waals surface area contributed by atoms with Crippen molar-refractivity contribution in [1.29, 1.82) is 0 Å². The van der Waals surface area contributed by atoms with E-state index >= 15 is 0 Å². The van der Waals surface area contributed by atoms with Crippen LogP contribution in [0.3, 0.4) is 0 Å². The molecule has 0 fully saturated rings. The van der Waals surface area contributed by atoms with Crippen LogP contribution in [-0.4, -0.2) is 35.0 Å². The zero-order valence-electron chi connectivity index (χ0n) is 13.7. The van der Waals surface area contributed by atoms with Gasteiger partial charge in [-0.2, -0.15) is 0 Å². The minimum atomic E-state index is -0.633. The van der Waals surface area contributed by atoms with Crippen LogP contribution < -0.4 is 11.1 Å². The average Bonchev–Trinajstić information content (AvgIpc) is 2.63. The molecule has 0 aliphatic carbocycles. The van der Waals surface area contributed by atoms with Gasteiger partial charge in [0.05, 0.1) is 12.7 Å². The van der Waals surface area contributed by atoms with Gasteiger partial charge in [-0.1, -0.05) is 30.3 Å². The van der Waals surface area contributed by atoms with E-state index in [1.807, 2.05) is 30.3 Å². The molecule has 2 aromatic heterocycles. The summed E-state index contributed by atoms with van der Waals surface area (Å²) in [5.41, 5.74) is 0.0859. The summed E-state index contributed by atoms with van der Waals surface area (Å²) < 4.78 is 0. The maximum absolute atomic E-state index is 11.6. The van der Waals surface area contributed by atoms with Crippen molar-refractivity contribution in [1.82, 2.24) is 24.8 Å². The summed E-state index contributed by atoms with van der Waals surface area (Å²) in [6.07, 6.45) is 2.42. The summed E-state index contributed by atoms with van der Waals surface area (Å²) in [6, 6.07) is 9.51. The maximum Gasteiger partial charge on any atom is 0.293 e. The van der Waals surface area contributed by atoms with E-state index in [0.29, 0.717) is 6.54 Å². The van der Waals surface area contributed by atoms with Crippen LogP contribution in [0.15, 0.2) is 52.6 Å². The van der Waals surface area contributed by atoms with Crippen LogP contribution in [0, 0.1) is 0 Å². The van der Waals surface area contributed by atoms with Crippen LogP contribution in [-0.2, 0) is 19.6 Å². The Bertz CT molecular complexity index is 938. The molecule has 0 spiro atoms. The van der Waals surface area contributed by atoms with Crippen molar-refractivity contribution >= 4 is 0 Å². The fraction of sp³-hybridized carbons (Fsp3) is 0.176. The molecule has 26 heavy (non-hydrogen) atoms. The van der Waals surface area contributed by atoms with Crippen molar-refractivity contribution in [2.24, 2.45) is 0 Å². The second-order valence-corrected chi connectivity index (χ2v) is 5.68. The summed E-state index contributed by atoms with van der Waals surface area (Å²) in [7, 11) is 0. The topological polar surface area (TPSA) is 135 Å². The van der Waals surface area contributed by atoms with Crippen molar-refractivity contribution in [2.45, 2.75) is 19.6 Å². The molecule has 0 amide bonds. The van der Waals surface area contributed by atoms with Crippen molar-refractivity contribution in [3.63, 3.8) is 0 Å².